The van der Waals surface area contributed by atoms with Crippen molar-refractivity contribution >= 4 is 29.9 Å². The first-order valence-electron chi connectivity index (χ1n) is 9.02. The summed E-state index contributed by atoms with van der Waals surface area (Å²) in [5, 5.41) is 13.4. The molecule has 2 aliphatic carbocycles. The maximum atomic E-state index is 9.66. The Balaban J connectivity index is 0.00000176. The first-order valence-corrected chi connectivity index (χ1v) is 9.02. The third-order valence-electron chi connectivity index (χ3n) is 5.48. The van der Waals surface area contributed by atoms with Crippen LogP contribution in [0.1, 0.15) is 58.3 Å². The van der Waals surface area contributed by atoms with Gasteiger partial charge in [-0.25, -0.2) is 0 Å². The summed E-state index contributed by atoms with van der Waals surface area (Å²) < 4.78 is 0. The SMILES string of the molecule is CCN=C(NC1CC1C1CCCCC1)N1CCC(O)CC1.I. The van der Waals surface area contributed by atoms with Gasteiger partial charge in [0.2, 0.25) is 0 Å². The van der Waals surface area contributed by atoms with Gasteiger partial charge in [0.1, 0.15) is 0 Å². The van der Waals surface area contributed by atoms with Crippen molar-refractivity contribution in [2.24, 2.45) is 16.8 Å². The summed E-state index contributed by atoms with van der Waals surface area (Å²) in [6, 6.07) is 0.658. The summed E-state index contributed by atoms with van der Waals surface area (Å²) >= 11 is 0. The lowest BCUT2D eigenvalue weighted by molar-refractivity contribution is 0.108. The molecule has 3 aliphatic rings. The number of hydrogen-bond acceptors (Lipinski definition) is 2. The Morgan fingerprint density at radius 2 is 1.82 bits per heavy atom. The molecule has 2 atom stereocenters. The molecule has 3 fully saturated rings. The number of likely N-dealkylation sites (tertiary alicyclic amines) is 1. The molecule has 0 bridgehead atoms. The van der Waals surface area contributed by atoms with E-state index in [1.165, 1.54) is 38.5 Å². The second kappa shape index (κ2) is 8.71. The Morgan fingerprint density at radius 1 is 1.14 bits per heavy atom. The highest BCUT2D eigenvalue weighted by Crippen LogP contribution is 2.44. The largest absolute Gasteiger partial charge is 0.393 e. The number of piperidine rings is 1. The number of nitrogens with one attached hydrogen (secondary N) is 1. The van der Waals surface area contributed by atoms with Crippen molar-refractivity contribution in [2.45, 2.75) is 70.4 Å². The van der Waals surface area contributed by atoms with E-state index in [0.717, 1.165) is 50.3 Å². The number of aliphatic hydroxyl groups is 1. The standard InChI is InChI=1S/C17H31N3O.HI/c1-2-18-17(20-10-8-14(21)9-11-20)19-16-12-15(16)13-6-4-3-5-7-13;/h13-16,21H,2-12H2,1H3,(H,18,19);1H. The van der Waals surface area contributed by atoms with E-state index in [4.69, 9.17) is 0 Å². The summed E-state index contributed by atoms with van der Waals surface area (Å²) in [4.78, 5) is 7.02. The smallest absolute Gasteiger partial charge is 0.194 e. The lowest BCUT2D eigenvalue weighted by Crippen LogP contribution is -2.47. The van der Waals surface area contributed by atoms with Crippen LogP contribution < -0.4 is 5.32 Å². The van der Waals surface area contributed by atoms with E-state index < -0.39 is 0 Å². The van der Waals surface area contributed by atoms with Crippen LogP contribution >= 0.6 is 24.0 Å². The first-order chi connectivity index (χ1) is 10.3. The van der Waals surface area contributed by atoms with Crippen LogP contribution in [0.25, 0.3) is 0 Å². The first kappa shape index (κ1) is 18.3. The third-order valence-corrected chi connectivity index (χ3v) is 5.48. The van der Waals surface area contributed by atoms with Crippen LogP contribution in [0.4, 0.5) is 0 Å². The molecule has 1 saturated heterocycles. The van der Waals surface area contributed by atoms with Crippen LogP contribution in [0.5, 0.6) is 0 Å². The molecule has 2 N–H and O–H groups in total. The molecule has 0 aromatic rings. The number of nitrogens with zero attached hydrogens (tertiary/aromatic N) is 2. The zero-order valence-corrected chi connectivity index (χ0v) is 16.2. The minimum Gasteiger partial charge on any atom is -0.393 e. The summed E-state index contributed by atoms with van der Waals surface area (Å²) in [6.45, 7) is 4.82. The van der Waals surface area contributed by atoms with Gasteiger partial charge in [-0.3, -0.25) is 4.99 Å². The molecule has 2 saturated carbocycles. The predicted molar refractivity (Wildman–Crippen MR) is 102 cm³/mol. The van der Waals surface area contributed by atoms with E-state index in [2.05, 4.69) is 22.1 Å². The fourth-order valence-corrected chi connectivity index (χ4v) is 4.09. The summed E-state index contributed by atoms with van der Waals surface area (Å²) in [6.07, 6.45) is 10.2. The van der Waals surface area contributed by atoms with Crippen molar-refractivity contribution < 1.29 is 5.11 Å². The normalized spacial score (nSPS) is 30.8. The van der Waals surface area contributed by atoms with E-state index >= 15 is 0 Å². The average Bonchev–Trinajstić information content (AvgIpc) is 3.28. The molecule has 0 spiro atoms. The van der Waals surface area contributed by atoms with Gasteiger partial charge in [0.05, 0.1) is 6.10 Å². The number of aliphatic imine (C=N–C) groups is 1. The maximum Gasteiger partial charge on any atom is 0.194 e. The molecule has 2 unspecified atom stereocenters. The van der Waals surface area contributed by atoms with Crippen LogP contribution in [0.15, 0.2) is 4.99 Å². The lowest BCUT2D eigenvalue weighted by Gasteiger charge is -2.33. The van der Waals surface area contributed by atoms with E-state index in [-0.39, 0.29) is 30.1 Å². The molecular formula is C17H32IN3O. The molecule has 1 heterocycles. The van der Waals surface area contributed by atoms with Crippen molar-refractivity contribution in [3.63, 3.8) is 0 Å². The van der Waals surface area contributed by atoms with Crippen molar-refractivity contribution in [1.29, 1.82) is 0 Å². The predicted octanol–water partition coefficient (Wildman–Crippen LogP) is 3.00. The quantitative estimate of drug-likeness (QED) is 0.419. The van der Waals surface area contributed by atoms with Crippen LogP contribution in [0.3, 0.4) is 0 Å². The molecule has 4 nitrogen and oxygen atoms in total. The number of rotatable bonds is 3. The van der Waals surface area contributed by atoms with Crippen LogP contribution in [0.2, 0.25) is 0 Å². The van der Waals surface area contributed by atoms with Crippen LogP contribution in [-0.2, 0) is 0 Å². The molecule has 0 radical (unpaired) electrons. The Morgan fingerprint density at radius 3 is 2.45 bits per heavy atom. The van der Waals surface area contributed by atoms with E-state index in [9.17, 15) is 5.11 Å². The van der Waals surface area contributed by atoms with Gasteiger partial charge in [-0.1, -0.05) is 32.1 Å². The number of aliphatic hydroxyl groups excluding tert-OH is 1. The Bertz CT molecular complexity index is 363. The molecule has 0 aromatic carbocycles. The third kappa shape index (κ3) is 4.73. The zero-order chi connectivity index (χ0) is 14.7. The van der Waals surface area contributed by atoms with Crippen molar-refractivity contribution in [3.8, 4) is 0 Å². The summed E-state index contributed by atoms with van der Waals surface area (Å²) in [7, 11) is 0. The fraction of sp³-hybridized carbons (Fsp3) is 0.941. The number of guanidine groups is 1. The molecule has 0 aromatic heterocycles. The Labute approximate surface area is 152 Å². The van der Waals surface area contributed by atoms with E-state index in [0.29, 0.717) is 6.04 Å². The second-order valence-electron chi connectivity index (χ2n) is 7.06. The highest BCUT2D eigenvalue weighted by atomic mass is 127. The van der Waals surface area contributed by atoms with E-state index in [1.54, 1.807) is 0 Å². The molecule has 1 aliphatic heterocycles. The monoisotopic (exact) mass is 421 g/mol. The fourth-order valence-electron chi connectivity index (χ4n) is 4.09. The minimum absolute atomic E-state index is 0. The summed E-state index contributed by atoms with van der Waals surface area (Å²) in [5.41, 5.74) is 0. The van der Waals surface area contributed by atoms with E-state index in [1.807, 2.05) is 0 Å². The molecule has 5 heteroatoms. The van der Waals surface area contributed by atoms with Gasteiger partial charge in [-0.2, -0.15) is 0 Å². The minimum atomic E-state index is -0.111. The topological polar surface area (TPSA) is 47.9 Å². The maximum absolute atomic E-state index is 9.66. The van der Waals surface area contributed by atoms with Gasteiger partial charge in [0.25, 0.3) is 0 Å². The average molecular weight is 421 g/mol. The van der Waals surface area contributed by atoms with Gasteiger partial charge in [-0.05, 0) is 38.0 Å². The molecule has 0 amide bonds. The Hall–Kier alpha value is -0.0400. The lowest BCUT2D eigenvalue weighted by atomic mass is 9.85. The number of hydrogen-bond donors (Lipinski definition) is 2. The molecule has 22 heavy (non-hydrogen) atoms. The summed E-state index contributed by atoms with van der Waals surface area (Å²) in [5.74, 6) is 2.94. The molecule has 128 valence electrons. The molecular weight excluding hydrogens is 389 g/mol. The van der Waals surface area contributed by atoms with Crippen LogP contribution in [-0.4, -0.2) is 47.7 Å². The van der Waals surface area contributed by atoms with Crippen LogP contribution in [0, 0.1) is 11.8 Å². The zero-order valence-electron chi connectivity index (χ0n) is 13.8. The van der Waals surface area contributed by atoms with Gasteiger partial charge in [0, 0.05) is 25.7 Å². The van der Waals surface area contributed by atoms with Crippen molar-refractivity contribution in [3.05, 3.63) is 0 Å². The highest BCUT2D eigenvalue weighted by molar-refractivity contribution is 14.0. The molecule has 3 rings (SSSR count). The number of halogens is 1. The van der Waals surface area contributed by atoms with Crippen molar-refractivity contribution in [2.75, 3.05) is 19.6 Å². The van der Waals surface area contributed by atoms with Gasteiger partial charge < -0.3 is 15.3 Å². The van der Waals surface area contributed by atoms with Crippen molar-refractivity contribution in [1.82, 2.24) is 10.2 Å². The van der Waals surface area contributed by atoms with Gasteiger partial charge >= 0.3 is 0 Å². The highest BCUT2D eigenvalue weighted by Gasteiger charge is 2.43. The second-order valence-corrected chi connectivity index (χ2v) is 7.06. The Kier molecular flexibility index (Phi) is 7.25. The van der Waals surface area contributed by atoms with Gasteiger partial charge in [-0.15, -0.1) is 24.0 Å². The van der Waals surface area contributed by atoms with Gasteiger partial charge in [0.15, 0.2) is 5.96 Å².